The van der Waals surface area contributed by atoms with Crippen LogP contribution >= 0.6 is 0 Å². The maximum Gasteiger partial charge on any atom is 0.150 e. The van der Waals surface area contributed by atoms with Crippen molar-refractivity contribution in [3.05, 3.63) is 59.7 Å². The predicted molar refractivity (Wildman–Crippen MR) is 85.1 cm³/mol. The van der Waals surface area contributed by atoms with Gasteiger partial charge in [0, 0.05) is 5.56 Å². The molecule has 0 N–H and O–H groups in total. The highest BCUT2D eigenvalue weighted by molar-refractivity contribution is 5.87. The molecule has 0 aromatic heterocycles. The van der Waals surface area contributed by atoms with Crippen LogP contribution in [0, 0.1) is 5.92 Å². The van der Waals surface area contributed by atoms with Crippen molar-refractivity contribution in [2.75, 3.05) is 0 Å². The summed E-state index contributed by atoms with van der Waals surface area (Å²) in [5, 5.41) is 0. The Morgan fingerprint density at radius 3 is 2.20 bits per heavy atom. The Morgan fingerprint density at radius 2 is 1.60 bits per heavy atom. The molecule has 0 spiro atoms. The highest BCUT2D eigenvalue weighted by atomic mass is 16.1. The van der Waals surface area contributed by atoms with E-state index >= 15 is 0 Å². The third kappa shape index (κ3) is 3.36. The topological polar surface area (TPSA) is 17.1 Å². The Hall–Kier alpha value is -1.89. The van der Waals surface area contributed by atoms with Crippen LogP contribution in [-0.4, -0.2) is 6.29 Å². The van der Waals surface area contributed by atoms with Gasteiger partial charge in [-0.15, -0.1) is 0 Å². The molecule has 0 saturated heterocycles. The van der Waals surface area contributed by atoms with E-state index < -0.39 is 0 Å². The molecule has 20 heavy (non-hydrogen) atoms. The number of rotatable bonds is 5. The van der Waals surface area contributed by atoms with E-state index in [-0.39, 0.29) is 0 Å². The van der Waals surface area contributed by atoms with Gasteiger partial charge >= 0.3 is 0 Å². The van der Waals surface area contributed by atoms with Crippen LogP contribution in [0.5, 0.6) is 0 Å². The standard InChI is InChI=1S/C19H22O/c1-14(2)12-15(3)16-8-10-17(11-9-16)19-7-5-4-6-18(19)13-20/h4-11,13-15H,12H2,1-3H3/t15-/m1/s1. The first-order chi connectivity index (χ1) is 9.61. The van der Waals surface area contributed by atoms with Gasteiger partial charge in [-0.25, -0.2) is 0 Å². The molecule has 2 aromatic carbocycles. The summed E-state index contributed by atoms with van der Waals surface area (Å²) in [4.78, 5) is 11.1. The Bertz CT molecular complexity index is 567. The second-order valence-corrected chi connectivity index (χ2v) is 5.86. The zero-order valence-corrected chi connectivity index (χ0v) is 12.5. The maximum atomic E-state index is 11.1. The van der Waals surface area contributed by atoms with Crippen molar-refractivity contribution in [1.82, 2.24) is 0 Å². The molecule has 0 aliphatic heterocycles. The van der Waals surface area contributed by atoms with Gasteiger partial charge in [0.2, 0.25) is 0 Å². The van der Waals surface area contributed by atoms with E-state index in [1.165, 1.54) is 12.0 Å². The van der Waals surface area contributed by atoms with E-state index in [9.17, 15) is 4.79 Å². The van der Waals surface area contributed by atoms with E-state index in [0.717, 1.165) is 23.0 Å². The second kappa shape index (κ2) is 6.51. The summed E-state index contributed by atoms with van der Waals surface area (Å²) in [6.07, 6.45) is 2.12. The molecule has 0 aliphatic rings. The normalized spacial score (nSPS) is 12.4. The minimum absolute atomic E-state index is 0.574. The van der Waals surface area contributed by atoms with Crippen LogP contribution in [-0.2, 0) is 0 Å². The number of benzene rings is 2. The van der Waals surface area contributed by atoms with Crippen molar-refractivity contribution in [3.63, 3.8) is 0 Å². The molecule has 0 amide bonds. The number of aldehydes is 1. The van der Waals surface area contributed by atoms with E-state index in [0.29, 0.717) is 11.8 Å². The molecule has 0 heterocycles. The van der Waals surface area contributed by atoms with Crippen molar-refractivity contribution in [2.45, 2.75) is 33.1 Å². The molecule has 2 aromatic rings. The van der Waals surface area contributed by atoms with Gasteiger partial charge in [-0.2, -0.15) is 0 Å². The first kappa shape index (κ1) is 14.5. The number of carbonyl (C=O) groups is 1. The maximum absolute atomic E-state index is 11.1. The molecule has 1 atom stereocenters. The summed E-state index contributed by atoms with van der Waals surface area (Å²) in [5.74, 6) is 1.28. The van der Waals surface area contributed by atoms with Crippen LogP contribution in [0.15, 0.2) is 48.5 Å². The van der Waals surface area contributed by atoms with E-state index in [1.54, 1.807) is 0 Å². The lowest BCUT2D eigenvalue weighted by Gasteiger charge is -2.15. The summed E-state index contributed by atoms with van der Waals surface area (Å²) in [5.41, 5.74) is 4.22. The summed E-state index contributed by atoms with van der Waals surface area (Å²) < 4.78 is 0. The summed E-state index contributed by atoms with van der Waals surface area (Å²) in [6.45, 7) is 6.78. The Balaban J connectivity index is 2.26. The van der Waals surface area contributed by atoms with Crippen LogP contribution in [0.1, 0.15) is 49.0 Å². The third-order valence-corrected chi connectivity index (χ3v) is 3.70. The van der Waals surface area contributed by atoms with Gasteiger partial charge in [0.25, 0.3) is 0 Å². The lowest BCUT2D eigenvalue weighted by atomic mass is 9.90. The molecular formula is C19H22O. The molecule has 1 nitrogen and oxygen atoms in total. The largest absolute Gasteiger partial charge is 0.298 e. The summed E-state index contributed by atoms with van der Waals surface area (Å²) in [6, 6.07) is 16.3. The Labute approximate surface area is 121 Å². The fourth-order valence-corrected chi connectivity index (χ4v) is 2.70. The molecular weight excluding hydrogens is 244 g/mol. The monoisotopic (exact) mass is 266 g/mol. The van der Waals surface area contributed by atoms with Crippen molar-refractivity contribution < 1.29 is 4.79 Å². The van der Waals surface area contributed by atoms with Crippen LogP contribution in [0.4, 0.5) is 0 Å². The number of carbonyl (C=O) groups excluding carboxylic acids is 1. The summed E-state index contributed by atoms with van der Waals surface area (Å²) in [7, 11) is 0. The van der Waals surface area contributed by atoms with Gasteiger partial charge < -0.3 is 0 Å². The fraction of sp³-hybridized carbons (Fsp3) is 0.316. The molecule has 0 unspecified atom stereocenters. The zero-order chi connectivity index (χ0) is 14.5. The van der Waals surface area contributed by atoms with Gasteiger partial charge in [0.1, 0.15) is 0 Å². The van der Waals surface area contributed by atoms with E-state index in [1.807, 2.05) is 24.3 Å². The second-order valence-electron chi connectivity index (χ2n) is 5.86. The van der Waals surface area contributed by atoms with Crippen LogP contribution in [0.2, 0.25) is 0 Å². The molecule has 0 radical (unpaired) electrons. The Kier molecular flexibility index (Phi) is 4.73. The van der Waals surface area contributed by atoms with Crippen LogP contribution in [0.25, 0.3) is 11.1 Å². The van der Waals surface area contributed by atoms with Gasteiger partial charge in [-0.3, -0.25) is 4.79 Å². The smallest absolute Gasteiger partial charge is 0.150 e. The SMILES string of the molecule is CC(C)C[C@@H](C)c1ccc(-c2ccccc2C=O)cc1. The average molecular weight is 266 g/mol. The van der Waals surface area contributed by atoms with Gasteiger partial charge in [-0.05, 0) is 34.9 Å². The Morgan fingerprint density at radius 1 is 0.950 bits per heavy atom. The molecule has 104 valence electrons. The number of hydrogen-bond acceptors (Lipinski definition) is 1. The third-order valence-electron chi connectivity index (χ3n) is 3.70. The zero-order valence-electron chi connectivity index (χ0n) is 12.5. The van der Waals surface area contributed by atoms with Gasteiger partial charge in [0.05, 0.1) is 0 Å². The van der Waals surface area contributed by atoms with Crippen molar-refractivity contribution in [1.29, 1.82) is 0 Å². The fourth-order valence-electron chi connectivity index (χ4n) is 2.70. The highest BCUT2D eigenvalue weighted by Crippen LogP contribution is 2.27. The minimum atomic E-state index is 0.574. The predicted octanol–water partition coefficient (Wildman–Crippen LogP) is 5.32. The average Bonchev–Trinajstić information content (AvgIpc) is 2.46. The number of hydrogen-bond donors (Lipinski definition) is 0. The first-order valence-corrected chi connectivity index (χ1v) is 7.26. The lowest BCUT2D eigenvalue weighted by molar-refractivity contribution is 0.112. The van der Waals surface area contributed by atoms with Gasteiger partial charge in [-0.1, -0.05) is 69.3 Å². The van der Waals surface area contributed by atoms with Crippen molar-refractivity contribution >= 4 is 6.29 Å². The molecule has 1 heteroatoms. The van der Waals surface area contributed by atoms with Crippen LogP contribution < -0.4 is 0 Å². The molecule has 0 saturated carbocycles. The van der Waals surface area contributed by atoms with Crippen LogP contribution in [0.3, 0.4) is 0 Å². The first-order valence-electron chi connectivity index (χ1n) is 7.26. The van der Waals surface area contributed by atoms with Gasteiger partial charge in [0.15, 0.2) is 6.29 Å². The molecule has 0 aliphatic carbocycles. The summed E-state index contributed by atoms with van der Waals surface area (Å²) >= 11 is 0. The molecule has 0 bridgehead atoms. The molecule has 2 rings (SSSR count). The van der Waals surface area contributed by atoms with E-state index in [2.05, 4.69) is 45.0 Å². The van der Waals surface area contributed by atoms with E-state index in [4.69, 9.17) is 0 Å². The van der Waals surface area contributed by atoms with Crippen molar-refractivity contribution in [2.24, 2.45) is 5.92 Å². The minimum Gasteiger partial charge on any atom is -0.298 e. The highest BCUT2D eigenvalue weighted by Gasteiger charge is 2.09. The quantitative estimate of drug-likeness (QED) is 0.670. The lowest BCUT2D eigenvalue weighted by Crippen LogP contribution is -1.98. The molecule has 0 fully saturated rings. The van der Waals surface area contributed by atoms with Crippen molar-refractivity contribution in [3.8, 4) is 11.1 Å².